The highest BCUT2D eigenvalue weighted by Gasteiger charge is 2.55. The number of hydrogen-bond acceptors (Lipinski definition) is 3. The predicted octanol–water partition coefficient (Wildman–Crippen LogP) is 2.22. The van der Waals surface area contributed by atoms with Crippen LogP contribution in [0.3, 0.4) is 0 Å². The van der Waals surface area contributed by atoms with Crippen molar-refractivity contribution in [1.29, 1.82) is 0 Å². The summed E-state index contributed by atoms with van der Waals surface area (Å²) in [5.74, 6) is 0.793. The van der Waals surface area contributed by atoms with Gasteiger partial charge in [0.1, 0.15) is 0 Å². The SMILES string of the molecule is c1cnc(NC2CC23CCCC3)nc1. The molecule has 2 saturated carbocycles. The van der Waals surface area contributed by atoms with Gasteiger partial charge in [-0.05, 0) is 30.7 Å². The lowest BCUT2D eigenvalue weighted by molar-refractivity contribution is 0.519. The molecular weight excluding hydrogens is 174 g/mol. The van der Waals surface area contributed by atoms with E-state index >= 15 is 0 Å². The molecule has 1 atom stereocenters. The monoisotopic (exact) mass is 189 g/mol. The zero-order chi connectivity index (χ0) is 9.43. The zero-order valence-corrected chi connectivity index (χ0v) is 8.24. The van der Waals surface area contributed by atoms with Crippen molar-refractivity contribution in [2.45, 2.75) is 38.1 Å². The molecule has 0 amide bonds. The van der Waals surface area contributed by atoms with Crippen molar-refractivity contribution in [2.24, 2.45) is 5.41 Å². The van der Waals surface area contributed by atoms with Gasteiger partial charge in [0.2, 0.25) is 5.95 Å². The lowest BCUT2D eigenvalue weighted by atomic mass is 10.1. The highest BCUT2D eigenvalue weighted by molar-refractivity contribution is 5.31. The molecule has 2 aliphatic carbocycles. The van der Waals surface area contributed by atoms with Gasteiger partial charge in [0.15, 0.2) is 0 Å². The topological polar surface area (TPSA) is 37.8 Å². The van der Waals surface area contributed by atoms with Crippen molar-refractivity contribution in [3.8, 4) is 0 Å². The average molecular weight is 189 g/mol. The fraction of sp³-hybridized carbons (Fsp3) is 0.636. The van der Waals surface area contributed by atoms with Crippen molar-refractivity contribution < 1.29 is 0 Å². The number of hydrogen-bond donors (Lipinski definition) is 1. The third-order valence-corrected chi connectivity index (χ3v) is 3.66. The first-order chi connectivity index (χ1) is 6.89. The Morgan fingerprint density at radius 1 is 1.21 bits per heavy atom. The zero-order valence-electron chi connectivity index (χ0n) is 8.24. The van der Waals surface area contributed by atoms with Crippen molar-refractivity contribution >= 4 is 5.95 Å². The highest BCUT2D eigenvalue weighted by atomic mass is 15.1. The third-order valence-electron chi connectivity index (χ3n) is 3.66. The Balaban J connectivity index is 1.65. The second-order valence-electron chi connectivity index (χ2n) is 4.54. The van der Waals surface area contributed by atoms with E-state index in [1.807, 2.05) is 6.07 Å². The van der Waals surface area contributed by atoms with Gasteiger partial charge in [-0.2, -0.15) is 0 Å². The smallest absolute Gasteiger partial charge is 0.222 e. The van der Waals surface area contributed by atoms with E-state index in [2.05, 4.69) is 15.3 Å². The van der Waals surface area contributed by atoms with Crippen LogP contribution >= 0.6 is 0 Å². The Morgan fingerprint density at radius 2 is 1.93 bits per heavy atom. The summed E-state index contributed by atoms with van der Waals surface area (Å²) in [5, 5.41) is 3.43. The largest absolute Gasteiger partial charge is 0.351 e. The number of nitrogens with one attached hydrogen (secondary N) is 1. The summed E-state index contributed by atoms with van der Waals surface area (Å²) in [7, 11) is 0. The summed E-state index contributed by atoms with van der Waals surface area (Å²) in [4.78, 5) is 8.38. The molecular formula is C11H15N3. The van der Waals surface area contributed by atoms with Crippen LogP contribution in [0.25, 0.3) is 0 Å². The van der Waals surface area contributed by atoms with Gasteiger partial charge in [0.05, 0.1) is 0 Å². The first-order valence-electron chi connectivity index (χ1n) is 5.43. The van der Waals surface area contributed by atoms with Gasteiger partial charge in [0.25, 0.3) is 0 Å². The van der Waals surface area contributed by atoms with Gasteiger partial charge in [-0.25, -0.2) is 9.97 Å². The fourth-order valence-electron chi connectivity index (χ4n) is 2.71. The molecule has 1 aromatic rings. The van der Waals surface area contributed by atoms with Crippen molar-refractivity contribution in [2.75, 3.05) is 5.32 Å². The van der Waals surface area contributed by atoms with E-state index < -0.39 is 0 Å². The molecule has 74 valence electrons. The quantitative estimate of drug-likeness (QED) is 0.775. The van der Waals surface area contributed by atoms with E-state index in [0.717, 1.165) is 5.95 Å². The normalized spacial score (nSPS) is 27.9. The average Bonchev–Trinajstić information content (AvgIpc) is 2.67. The molecule has 1 unspecified atom stereocenters. The molecule has 3 heteroatoms. The summed E-state index contributed by atoms with van der Waals surface area (Å²) in [5.41, 5.74) is 0.624. The second kappa shape index (κ2) is 2.94. The third kappa shape index (κ3) is 1.27. The molecule has 14 heavy (non-hydrogen) atoms. The molecule has 0 radical (unpaired) electrons. The van der Waals surface area contributed by atoms with Gasteiger partial charge in [-0.1, -0.05) is 12.8 Å². The van der Waals surface area contributed by atoms with E-state index in [0.29, 0.717) is 11.5 Å². The van der Waals surface area contributed by atoms with Crippen molar-refractivity contribution in [3.63, 3.8) is 0 Å². The first kappa shape index (κ1) is 8.21. The predicted molar refractivity (Wildman–Crippen MR) is 55.0 cm³/mol. The van der Waals surface area contributed by atoms with Crippen molar-refractivity contribution in [3.05, 3.63) is 18.5 Å². The van der Waals surface area contributed by atoms with E-state index in [9.17, 15) is 0 Å². The van der Waals surface area contributed by atoms with Crippen LogP contribution < -0.4 is 5.32 Å². The number of anilines is 1. The van der Waals surface area contributed by atoms with E-state index in [-0.39, 0.29) is 0 Å². The maximum absolute atomic E-state index is 4.19. The summed E-state index contributed by atoms with van der Waals surface area (Å²) >= 11 is 0. The Kier molecular flexibility index (Phi) is 1.72. The fourth-order valence-corrected chi connectivity index (χ4v) is 2.71. The minimum absolute atomic E-state index is 0.624. The van der Waals surface area contributed by atoms with E-state index in [1.54, 1.807) is 12.4 Å². The van der Waals surface area contributed by atoms with Crippen molar-refractivity contribution in [1.82, 2.24) is 9.97 Å². The Hall–Kier alpha value is -1.12. The summed E-state index contributed by atoms with van der Waals surface area (Å²) < 4.78 is 0. The maximum atomic E-state index is 4.19. The Morgan fingerprint density at radius 3 is 2.64 bits per heavy atom. The van der Waals surface area contributed by atoms with Gasteiger partial charge < -0.3 is 5.32 Å². The first-order valence-corrected chi connectivity index (χ1v) is 5.43. The molecule has 2 aliphatic rings. The second-order valence-corrected chi connectivity index (χ2v) is 4.54. The lowest BCUT2D eigenvalue weighted by Crippen LogP contribution is -2.12. The minimum Gasteiger partial charge on any atom is -0.351 e. The lowest BCUT2D eigenvalue weighted by Gasteiger charge is -2.08. The summed E-state index contributed by atoms with van der Waals surface area (Å²) in [6.45, 7) is 0. The van der Waals surface area contributed by atoms with Gasteiger partial charge in [0, 0.05) is 18.4 Å². The molecule has 1 aromatic heterocycles. The van der Waals surface area contributed by atoms with Crippen LogP contribution in [-0.2, 0) is 0 Å². The van der Waals surface area contributed by atoms with E-state index in [4.69, 9.17) is 0 Å². The molecule has 3 rings (SSSR count). The summed E-state index contributed by atoms with van der Waals surface area (Å²) in [6, 6.07) is 2.50. The molecule has 0 aliphatic heterocycles. The van der Waals surface area contributed by atoms with Gasteiger partial charge >= 0.3 is 0 Å². The molecule has 1 spiro atoms. The van der Waals surface area contributed by atoms with Crippen LogP contribution in [-0.4, -0.2) is 16.0 Å². The van der Waals surface area contributed by atoms with Crippen LogP contribution in [0.1, 0.15) is 32.1 Å². The van der Waals surface area contributed by atoms with Gasteiger partial charge in [-0.3, -0.25) is 0 Å². The van der Waals surface area contributed by atoms with Crippen LogP contribution in [0.4, 0.5) is 5.95 Å². The molecule has 0 saturated heterocycles. The van der Waals surface area contributed by atoms with E-state index in [1.165, 1.54) is 32.1 Å². The Bertz CT molecular complexity index is 317. The van der Waals surface area contributed by atoms with Gasteiger partial charge in [-0.15, -0.1) is 0 Å². The summed E-state index contributed by atoms with van der Waals surface area (Å²) in [6.07, 6.45) is 10.5. The van der Waals surface area contributed by atoms with Crippen LogP contribution in [0.2, 0.25) is 0 Å². The number of aromatic nitrogens is 2. The van der Waals surface area contributed by atoms with Crippen LogP contribution in [0.5, 0.6) is 0 Å². The molecule has 0 aromatic carbocycles. The molecule has 0 bridgehead atoms. The number of nitrogens with zero attached hydrogens (tertiary/aromatic N) is 2. The highest BCUT2D eigenvalue weighted by Crippen LogP contribution is 2.58. The van der Waals surface area contributed by atoms with Crippen LogP contribution in [0, 0.1) is 5.41 Å². The van der Waals surface area contributed by atoms with Crippen LogP contribution in [0.15, 0.2) is 18.5 Å². The molecule has 1 heterocycles. The Labute approximate surface area is 84.0 Å². The molecule has 2 fully saturated rings. The standard InChI is InChI=1S/C11H15N3/c1-2-5-11(4-1)8-9(11)14-10-12-6-3-7-13-10/h3,6-7,9H,1-2,4-5,8H2,(H,12,13,14). The molecule has 1 N–H and O–H groups in total. The molecule has 3 nitrogen and oxygen atoms in total. The minimum atomic E-state index is 0.624. The maximum Gasteiger partial charge on any atom is 0.222 e. The number of rotatable bonds is 2.